The minimum Gasteiger partial charge on any atom is -0.497 e. The van der Waals surface area contributed by atoms with Crippen LogP contribution in [0.1, 0.15) is 54.5 Å². The number of hydrogen-bond donors (Lipinski definition) is 2. The van der Waals surface area contributed by atoms with Crippen LogP contribution in [0.25, 0.3) is 0 Å². The maximum Gasteiger partial charge on any atom is 0.130 e. The fourth-order valence-corrected chi connectivity index (χ4v) is 4.04. The molecule has 1 unspecified atom stereocenters. The van der Waals surface area contributed by atoms with Crippen molar-refractivity contribution in [3.63, 3.8) is 0 Å². The molecule has 1 fully saturated rings. The number of methoxy groups -OCH3 is 1. The molecule has 4 rings (SSSR count). The summed E-state index contributed by atoms with van der Waals surface area (Å²) >= 11 is 0. The standard InChI is InChI=1S/C20H26N4O/c1-25-16-5-6-17-15(11-16)3-2-4-18(17)24-20-12-19(22-13-23-20)14-7-9-21-10-8-14/h5-6,11-14,18,21H,2-4,7-10H2,1H3,(H,22,23,24). The zero-order valence-corrected chi connectivity index (χ0v) is 14.8. The molecular weight excluding hydrogens is 312 g/mol. The molecule has 1 saturated heterocycles. The van der Waals surface area contributed by atoms with Crippen molar-refractivity contribution in [2.45, 2.75) is 44.1 Å². The van der Waals surface area contributed by atoms with Gasteiger partial charge in [-0.05, 0) is 68.5 Å². The smallest absolute Gasteiger partial charge is 0.130 e. The number of aromatic nitrogens is 2. The summed E-state index contributed by atoms with van der Waals surface area (Å²) in [6.07, 6.45) is 7.45. The van der Waals surface area contributed by atoms with Crippen molar-refractivity contribution in [3.8, 4) is 5.75 Å². The summed E-state index contributed by atoms with van der Waals surface area (Å²) in [7, 11) is 1.73. The van der Waals surface area contributed by atoms with Gasteiger partial charge >= 0.3 is 0 Å². The summed E-state index contributed by atoms with van der Waals surface area (Å²) in [6, 6.07) is 8.88. The lowest BCUT2D eigenvalue weighted by Crippen LogP contribution is -2.27. The largest absolute Gasteiger partial charge is 0.497 e. The van der Waals surface area contributed by atoms with Crippen LogP contribution in [0.2, 0.25) is 0 Å². The first-order valence-corrected chi connectivity index (χ1v) is 9.29. The van der Waals surface area contributed by atoms with Gasteiger partial charge in [0.25, 0.3) is 0 Å². The van der Waals surface area contributed by atoms with Gasteiger partial charge in [-0.25, -0.2) is 9.97 Å². The maximum absolute atomic E-state index is 5.37. The van der Waals surface area contributed by atoms with Crippen molar-refractivity contribution < 1.29 is 4.74 Å². The highest BCUT2D eigenvalue weighted by atomic mass is 16.5. The number of benzene rings is 1. The molecule has 0 saturated carbocycles. The van der Waals surface area contributed by atoms with Crippen LogP contribution in [0.4, 0.5) is 5.82 Å². The van der Waals surface area contributed by atoms with E-state index >= 15 is 0 Å². The van der Waals surface area contributed by atoms with E-state index in [4.69, 9.17) is 4.74 Å². The van der Waals surface area contributed by atoms with E-state index in [1.54, 1.807) is 13.4 Å². The Balaban J connectivity index is 1.53. The average molecular weight is 338 g/mol. The second-order valence-corrected chi connectivity index (χ2v) is 7.01. The van der Waals surface area contributed by atoms with E-state index in [1.165, 1.54) is 23.2 Å². The molecule has 2 N–H and O–H groups in total. The second kappa shape index (κ2) is 7.40. The summed E-state index contributed by atoms with van der Waals surface area (Å²) < 4.78 is 5.37. The van der Waals surface area contributed by atoms with Gasteiger partial charge in [-0.1, -0.05) is 6.07 Å². The van der Waals surface area contributed by atoms with Gasteiger partial charge in [-0.3, -0.25) is 0 Å². The minimum atomic E-state index is 0.311. The number of nitrogens with zero attached hydrogens (tertiary/aromatic N) is 2. The molecular formula is C20H26N4O. The predicted octanol–water partition coefficient (Wildman–Crippen LogP) is 3.44. The van der Waals surface area contributed by atoms with Gasteiger partial charge in [0.15, 0.2) is 0 Å². The van der Waals surface area contributed by atoms with Crippen LogP contribution in [-0.4, -0.2) is 30.2 Å². The van der Waals surface area contributed by atoms with E-state index in [9.17, 15) is 0 Å². The van der Waals surface area contributed by atoms with Crippen molar-refractivity contribution in [1.29, 1.82) is 0 Å². The molecule has 5 nitrogen and oxygen atoms in total. The molecule has 1 aliphatic heterocycles. The molecule has 5 heteroatoms. The summed E-state index contributed by atoms with van der Waals surface area (Å²) in [4.78, 5) is 9.00. The van der Waals surface area contributed by atoms with E-state index in [0.717, 1.165) is 50.3 Å². The molecule has 1 aliphatic carbocycles. The Bertz CT molecular complexity index is 727. The van der Waals surface area contributed by atoms with Gasteiger partial charge in [0.2, 0.25) is 0 Å². The van der Waals surface area contributed by atoms with Gasteiger partial charge < -0.3 is 15.4 Å². The molecule has 2 aliphatic rings. The number of fused-ring (bicyclic) bond motifs is 1. The molecule has 0 amide bonds. The Morgan fingerprint density at radius 3 is 2.84 bits per heavy atom. The lowest BCUT2D eigenvalue weighted by Gasteiger charge is -2.28. The van der Waals surface area contributed by atoms with Crippen LogP contribution in [0.15, 0.2) is 30.6 Å². The molecule has 25 heavy (non-hydrogen) atoms. The first-order chi connectivity index (χ1) is 12.3. The average Bonchev–Trinajstić information content (AvgIpc) is 2.69. The summed E-state index contributed by atoms with van der Waals surface area (Å²) in [5.41, 5.74) is 3.93. The van der Waals surface area contributed by atoms with Gasteiger partial charge in [-0.2, -0.15) is 0 Å². The van der Waals surface area contributed by atoms with E-state index in [-0.39, 0.29) is 0 Å². The first-order valence-electron chi connectivity index (χ1n) is 9.29. The van der Waals surface area contributed by atoms with Crippen molar-refractivity contribution in [2.75, 3.05) is 25.5 Å². The zero-order valence-electron chi connectivity index (χ0n) is 14.8. The highest BCUT2D eigenvalue weighted by Crippen LogP contribution is 2.34. The molecule has 2 heterocycles. The van der Waals surface area contributed by atoms with Crippen LogP contribution < -0.4 is 15.4 Å². The first kappa shape index (κ1) is 16.3. The Hall–Kier alpha value is -2.14. The van der Waals surface area contributed by atoms with E-state index in [1.807, 2.05) is 0 Å². The van der Waals surface area contributed by atoms with Crippen LogP contribution >= 0.6 is 0 Å². The monoisotopic (exact) mass is 338 g/mol. The molecule has 0 spiro atoms. The summed E-state index contributed by atoms with van der Waals surface area (Å²) in [5, 5.41) is 7.06. The molecule has 132 valence electrons. The van der Waals surface area contributed by atoms with Crippen molar-refractivity contribution in [2.24, 2.45) is 0 Å². The van der Waals surface area contributed by atoms with Crippen LogP contribution in [0.5, 0.6) is 5.75 Å². The number of nitrogens with one attached hydrogen (secondary N) is 2. The molecule has 1 aromatic carbocycles. The molecule has 0 bridgehead atoms. The Kier molecular flexibility index (Phi) is 4.83. The third-order valence-electron chi connectivity index (χ3n) is 5.43. The summed E-state index contributed by atoms with van der Waals surface area (Å²) in [6.45, 7) is 2.16. The van der Waals surface area contributed by atoms with Crippen LogP contribution in [0.3, 0.4) is 0 Å². The number of anilines is 1. The number of aryl methyl sites for hydroxylation is 1. The SMILES string of the molecule is COc1ccc2c(c1)CCCC2Nc1cc(C2CCNCC2)ncn1. The van der Waals surface area contributed by atoms with Gasteiger partial charge in [0.05, 0.1) is 13.2 Å². The third-order valence-corrected chi connectivity index (χ3v) is 5.43. The predicted molar refractivity (Wildman–Crippen MR) is 99.2 cm³/mol. The topological polar surface area (TPSA) is 59.1 Å². The van der Waals surface area contributed by atoms with Crippen molar-refractivity contribution in [3.05, 3.63) is 47.4 Å². The number of hydrogen-bond acceptors (Lipinski definition) is 5. The second-order valence-electron chi connectivity index (χ2n) is 7.01. The summed E-state index contributed by atoms with van der Waals surface area (Å²) in [5.74, 6) is 2.43. The van der Waals surface area contributed by atoms with E-state index in [0.29, 0.717) is 12.0 Å². The van der Waals surface area contributed by atoms with Gasteiger partial charge in [-0.15, -0.1) is 0 Å². The van der Waals surface area contributed by atoms with Crippen molar-refractivity contribution >= 4 is 5.82 Å². The fourth-order valence-electron chi connectivity index (χ4n) is 4.04. The molecule has 2 aromatic rings. The van der Waals surface area contributed by atoms with Crippen LogP contribution in [-0.2, 0) is 6.42 Å². The van der Waals surface area contributed by atoms with E-state index < -0.39 is 0 Å². The Morgan fingerprint density at radius 1 is 1.12 bits per heavy atom. The number of ether oxygens (including phenoxy) is 1. The highest BCUT2D eigenvalue weighted by molar-refractivity contribution is 5.45. The highest BCUT2D eigenvalue weighted by Gasteiger charge is 2.22. The molecule has 1 atom stereocenters. The van der Waals surface area contributed by atoms with Gasteiger partial charge in [0, 0.05) is 17.7 Å². The molecule has 1 aromatic heterocycles. The lowest BCUT2D eigenvalue weighted by molar-refractivity contribution is 0.413. The minimum absolute atomic E-state index is 0.311. The van der Waals surface area contributed by atoms with Crippen LogP contribution in [0, 0.1) is 0 Å². The Labute approximate surface area is 149 Å². The maximum atomic E-state index is 5.37. The molecule has 0 radical (unpaired) electrons. The number of piperidine rings is 1. The lowest BCUT2D eigenvalue weighted by atomic mass is 9.87. The zero-order chi connectivity index (χ0) is 17.1. The van der Waals surface area contributed by atoms with Gasteiger partial charge in [0.1, 0.15) is 17.9 Å². The normalized spacial score (nSPS) is 20.8. The Morgan fingerprint density at radius 2 is 2.00 bits per heavy atom. The van der Waals surface area contributed by atoms with Crippen molar-refractivity contribution in [1.82, 2.24) is 15.3 Å². The van der Waals surface area contributed by atoms with E-state index in [2.05, 4.69) is 44.9 Å². The number of rotatable bonds is 4. The fraction of sp³-hybridized carbons (Fsp3) is 0.500. The quantitative estimate of drug-likeness (QED) is 0.894. The third kappa shape index (κ3) is 3.61.